The molecule has 0 aromatic carbocycles. The van der Waals surface area contributed by atoms with Crippen LogP contribution in [0, 0.1) is 11.8 Å². The lowest BCUT2D eigenvalue weighted by molar-refractivity contribution is 0.0443. The highest BCUT2D eigenvalue weighted by Gasteiger charge is 2.07. The lowest BCUT2D eigenvalue weighted by Gasteiger charge is -2.24. The van der Waals surface area contributed by atoms with Gasteiger partial charge in [-0.15, -0.1) is 5.92 Å². The van der Waals surface area contributed by atoms with Crippen LogP contribution >= 0.6 is 0 Å². The van der Waals surface area contributed by atoms with Gasteiger partial charge in [0.15, 0.2) is 0 Å². The molecule has 0 spiro atoms. The maximum Gasteiger partial charge on any atom is 0.0603 e. The lowest BCUT2D eigenvalue weighted by atomic mass is 10.4. The fraction of sp³-hybridized carbons (Fsp3) is 0.800. The molecule has 0 radical (unpaired) electrons. The van der Waals surface area contributed by atoms with E-state index in [1.807, 2.05) is 20.8 Å². The van der Waals surface area contributed by atoms with E-state index in [4.69, 9.17) is 4.74 Å². The third-order valence-electron chi connectivity index (χ3n) is 1.58. The van der Waals surface area contributed by atoms with Crippen molar-refractivity contribution in [1.82, 2.24) is 4.90 Å². The minimum absolute atomic E-state index is 0.866. The summed E-state index contributed by atoms with van der Waals surface area (Å²) in [6.07, 6.45) is 0. The summed E-state index contributed by atoms with van der Waals surface area (Å²) in [5.74, 6) is 5.92. The molecule has 0 atom stereocenters. The number of ether oxygens (including phenoxy) is 1. The number of hydrogen-bond acceptors (Lipinski definition) is 2. The third kappa shape index (κ3) is 5.17. The van der Waals surface area contributed by atoms with Crippen LogP contribution in [0.5, 0.6) is 0 Å². The van der Waals surface area contributed by atoms with Gasteiger partial charge in [0.1, 0.15) is 0 Å². The van der Waals surface area contributed by atoms with Crippen molar-refractivity contribution in [3.63, 3.8) is 0 Å². The summed E-state index contributed by atoms with van der Waals surface area (Å²) in [4.78, 5) is 2.31. The van der Waals surface area contributed by atoms with E-state index in [1.54, 1.807) is 0 Å². The van der Waals surface area contributed by atoms with Crippen molar-refractivity contribution in [2.45, 2.75) is 20.8 Å². The van der Waals surface area contributed by atoms with Gasteiger partial charge in [-0.3, -0.25) is 4.90 Å². The smallest absolute Gasteiger partial charge is 0.0603 e. The number of nitrogens with zero attached hydrogens (tertiary/aromatic N) is 1. The van der Waals surface area contributed by atoms with E-state index >= 15 is 0 Å². The summed E-state index contributed by atoms with van der Waals surface area (Å²) in [7, 11) is 0. The van der Waals surface area contributed by atoms with Crippen LogP contribution in [0.1, 0.15) is 20.8 Å². The SMILES string of the molecule is CC.CC#CCN1CCOCC1. The van der Waals surface area contributed by atoms with Gasteiger partial charge < -0.3 is 4.74 Å². The molecule has 0 saturated carbocycles. The summed E-state index contributed by atoms with van der Waals surface area (Å²) < 4.78 is 5.19. The number of morpholine rings is 1. The van der Waals surface area contributed by atoms with Crippen LogP contribution in [0.4, 0.5) is 0 Å². The van der Waals surface area contributed by atoms with Gasteiger partial charge in [0.25, 0.3) is 0 Å². The molecule has 0 aromatic heterocycles. The highest BCUT2D eigenvalue weighted by atomic mass is 16.5. The van der Waals surface area contributed by atoms with Gasteiger partial charge in [-0.05, 0) is 6.92 Å². The molecule has 1 fully saturated rings. The first-order valence-corrected chi connectivity index (χ1v) is 4.63. The Bertz CT molecular complexity index is 140. The standard InChI is InChI=1S/C8H13NO.C2H6/c1-2-3-4-9-5-7-10-8-6-9;1-2/h4-8H2,1H3;1-2H3. The number of rotatable bonds is 1. The first kappa shape index (κ1) is 11.5. The lowest BCUT2D eigenvalue weighted by Crippen LogP contribution is -2.36. The van der Waals surface area contributed by atoms with Crippen LogP contribution in [0.15, 0.2) is 0 Å². The van der Waals surface area contributed by atoms with Gasteiger partial charge in [0.2, 0.25) is 0 Å². The van der Waals surface area contributed by atoms with Crippen molar-refractivity contribution in [2.24, 2.45) is 0 Å². The molecule has 1 rings (SSSR count). The molecule has 0 N–H and O–H groups in total. The van der Waals surface area contributed by atoms with Crippen molar-refractivity contribution in [2.75, 3.05) is 32.8 Å². The Labute approximate surface area is 75.9 Å². The molecule has 2 heteroatoms. The summed E-state index contributed by atoms with van der Waals surface area (Å²) in [5.41, 5.74) is 0. The second-order valence-electron chi connectivity index (χ2n) is 2.32. The Hall–Kier alpha value is -0.520. The number of hydrogen-bond donors (Lipinski definition) is 0. The van der Waals surface area contributed by atoms with Crippen LogP contribution in [-0.4, -0.2) is 37.7 Å². The molecule has 1 saturated heterocycles. The average molecular weight is 169 g/mol. The van der Waals surface area contributed by atoms with Gasteiger partial charge in [-0.2, -0.15) is 0 Å². The van der Waals surface area contributed by atoms with E-state index in [-0.39, 0.29) is 0 Å². The molecule has 2 nitrogen and oxygen atoms in total. The molecule has 0 aromatic rings. The van der Waals surface area contributed by atoms with E-state index in [0.29, 0.717) is 0 Å². The van der Waals surface area contributed by atoms with Crippen LogP contribution in [-0.2, 0) is 4.74 Å². The fourth-order valence-corrected chi connectivity index (χ4v) is 0.950. The summed E-state index contributed by atoms with van der Waals surface area (Å²) in [5, 5.41) is 0. The van der Waals surface area contributed by atoms with Crippen molar-refractivity contribution < 1.29 is 4.74 Å². The highest BCUT2D eigenvalue weighted by molar-refractivity contribution is 4.97. The molecule has 1 heterocycles. The fourth-order valence-electron chi connectivity index (χ4n) is 0.950. The molecule has 1 aliphatic rings. The predicted octanol–water partition coefficient (Wildman–Crippen LogP) is 1.37. The van der Waals surface area contributed by atoms with E-state index in [2.05, 4.69) is 16.7 Å². The molecule has 0 amide bonds. The van der Waals surface area contributed by atoms with Gasteiger partial charge >= 0.3 is 0 Å². The summed E-state index contributed by atoms with van der Waals surface area (Å²) in [6, 6.07) is 0. The van der Waals surface area contributed by atoms with Gasteiger partial charge in [0.05, 0.1) is 19.8 Å². The molecule has 12 heavy (non-hydrogen) atoms. The third-order valence-corrected chi connectivity index (χ3v) is 1.58. The second-order valence-corrected chi connectivity index (χ2v) is 2.32. The topological polar surface area (TPSA) is 12.5 Å². The van der Waals surface area contributed by atoms with Crippen molar-refractivity contribution in [3.8, 4) is 11.8 Å². The van der Waals surface area contributed by atoms with Crippen LogP contribution in [0.25, 0.3) is 0 Å². The first-order chi connectivity index (χ1) is 5.93. The average Bonchev–Trinajstić information content (AvgIpc) is 2.19. The maximum absolute atomic E-state index is 5.19. The zero-order valence-electron chi connectivity index (χ0n) is 8.39. The van der Waals surface area contributed by atoms with Gasteiger partial charge in [-0.1, -0.05) is 19.8 Å². The predicted molar refractivity (Wildman–Crippen MR) is 52.1 cm³/mol. The zero-order valence-corrected chi connectivity index (χ0v) is 8.39. The normalized spacial score (nSPS) is 16.9. The highest BCUT2D eigenvalue weighted by Crippen LogP contribution is 1.94. The Balaban J connectivity index is 0.000000561. The molecular formula is C10H19NO. The van der Waals surface area contributed by atoms with Crippen LogP contribution < -0.4 is 0 Å². The van der Waals surface area contributed by atoms with Crippen molar-refractivity contribution in [3.05, 3.63) is 0 Å². The Morgan fingerprint density at radius 2 is 1.83 bits per heavy atom. The molecule has 1 aliphatic heterocycles. The van der Waals surface area contributed by atoms with E-state index in [0.717, 1.165) is 32.8 Å². The molecule has 0 unspecified atom stereocenters. The largest absolute Gasteiger partial charge is 0.379 e. The Morgan fingerprint density at radius 1 is 1.25 bits per heavy atom. The van der Waals surface area contributed by atoms with Crippen LogP contribution in [0.3, 0.4) is 0 Å². The van der Waals surface area contributed by atoms with Crippen LogP contribution in [0.2, 0.25) is 0 Å². The minimum Gasteiger partial charge on any atom is -0.379 e. The monoisotopic (exact) mass is 169 g/mol. The van der Waals surface area contributed by atoms with E-state index in [9.17, 15) is 0 Å². The Kier molecular flexibility index (Phi) is 8.20. The van der Waals surface area contributed by atoms with E-state index in [1.165, 1.54) is 0 Å². The summed E-state index contributed by atoms with van der Waals surface area (Å²) in [6.45, 7) is 10.6. The molecule has 0 bridgehead atoms. The van der Waals surface area contributed by atoms with Crippen molar-refractivity contribution in [1.29, 1.82) is 0 Å². The molecular weight excluding hydrogens is 150 g/mol. The maximum atomic E-state index is 5.19. The Morgan fingerprint density at radius 3 is 2.33 bits per heavy atom. The first-order valence-electron chi connectivity index (χ1n) is 4.63. The quantitative estimate of drug-likeness (QED) is 0.550. The molecule has 70 valence electrons. The summed E-state index contributed by atoms with van der Waals surface area (Å²) >= 11 is 0. The van der Waals surface area contributed by atoms with Gasteiger partial charge in [0, 0.05) is 13.1 Å². The minimum atomic E-state index is 0.866. The van der Waals surface area contributed by atoms with E-state index < -0.39 is 0 Å². The second kappa shape index (κ2) is 8.58. The molecule has 0 aliphatic carbocycles. The van der Waals surface area contributed by atoms with Crippen molar-refractivity contribution >= 4 is 0 Å². The zero-order chi connectivity index (χ0) is 9.23. The van der Waals surface area contributed by atoms with Gasteiger partial charge in [-0.25, -0.2) is 0 Å².